The molecule has 2 atom stereocenters. The van der Waals surface area contributed by atoms with Crippen LogP contribution in [0.25, 0.3) is 0 Å². The Morgan fingerprint density at radius 1 is 1.08 bits per heavy atom. The summed E-state index contributed by atoms with van der Waals surface area (Å²) in [6.07, 6.45) is 6.32. The highest BCUT2D eigenvalue weighted by Gasteiger charge is 2.47. The van der Waals surface area contributed by atoms with Crippen molar-refractivity contribution in [2.24, 2.45) is 5.92 Å². The monoisotopic (exact) mass is 549 g/mol. The fourth-order valence-electron chi connectivity index (χ4n) is 5.77. The second-order valence-electron chi connectivity index (χ2n) is 10.5. The van der Waals surface area contributed by atoms with Crippen molar-refractivity contribution in [1.29, 1.82) is 0 Å². The minimum absolute atomic E-state index is 0. The first kappa shape index (κ1) is 31.9. The number of aryl methyl sites for hydroxylation is 2. The van der Waals surface area contributed by atoms with Gasteiger partial charge in [-0.05, 0) is 92.1 Å². The number of carbonyl (C=O) groups is 1. The first-order chi connectivity index (χ1) is 17.8. The Morgan fingerprint density at radius 2 is 1.84 bits per heavy atom. The minimum Gasteiger partial charge on any atom is -0.493 e. The lowest BCUT2D eigenvalue weighted by Crippen LogP contribution is -2.48. The van der Waals surface area contributed by atoms with Crippen LogP contribution in [0.4, 0.5) is 4.39 Å². The highest BCUT2D eigenvalue weighted by molar-refractivity contribution is 5.85. The van der Waals surface area contributed by atoms with Crippen molar-refractivity contribution in [2.45, 2.75) is 83.7 Å². The van der Waals surface area contributed by atoms with E-state index in [2.05, 4.69) is 32.2 Å². The maximum absolute atomic E-state index is 14.0. The molecule has 7 heteroatoms. The number of hydrogen-bond acceptors (Lipinski definition) is 5. The zero-order chi connectivity index (χ0) is 26.8. The molecule has 1 aliphatic carbocycles. The van der Waals surface area contributed by atoms with Crippen LogP contribution >= 0.6 is 12.4 Å². The number of halogens is 2. The molecule has 0 unspecified atom stereocenters. The third kappa shape index (κ3) is 8.09. The molecule has 0 heterocycles. The lowest BCUT2D eigenvalue weighted by molar-refractivity contribution is -0.167. The predicted octanol–water partition coefficient (Wildman–Crippen LogP) is 7.04. The average molecular weight is 550 g/mol. The Bertz CT molecular complexity index is 1030. The maximum Gasteiger partial charge on any atom is 0.306 e. The molecule has 0 aliphatic heterocycles. The second kappa shape index (κ2) is 15.3. The zero-order valence-electron chi connectivity index (χ0n) is 23.6. The van der Waals surface area contributed by atoms with Crippen molar-refractivity contribution in [3.63, 3.8) is 0 Å². The molecule has 5 nitrogen and oxygen atoms in total. The topological polar surface area (TPSA) is 56.8 Å². The van der Waals surface area contributed by atoms with E-state index in [1.54, 1.807) is 20.3 Å². The van der Waals surface area contributed by atoms with E-state index >= 15 is 0 Å². The molecule has 0 radical (unpaired) electrons. The number of esters is 1. The third-order valence-electron chi connectivity index (χ3n) is 7.53. The van der Waals surface area contributed by atoms with Crippen LogP contribution in [-0.2, 0) is 22.4 Å². The molecule has 0 spiro atoms. The molecule has 0 bridgehead atoms. The molecule has 212 valence electrons. The molecule has 0 fully saturated rings. The van der Waals surface area contributed by atoms with Crippen LogP contribution in [-0.4, -0.2) is 38.9 Å². The molecule has 0 saturated heterocycles. The Morgan fingerprint density at radius 3 is 2.53 bits per heavy atom. The van der Waals surface area contributed by atoms with Crippen molar-refractivity contribution in [3.05, 3.63) is 58.9 Å². The van der Waals surface area contributed by atoms with Gasteiger partial charge in [-0.3, -0.25) is 4.79 Å². The fourth-order valence-corrected chi connectivity index (χ4v) is 5.77. The molecule has 1 aliphatic rings. The van der Waals surface area contributed by atoms with Gasteiger partial charge in [0, 0.05) is 18.8 Å². The summed E-state index contributed by atoms with van der Waals surface area (Å²) in [7, 11) is 3.29. The second-order valence-corrected chi connectivity index (χ2v) is 10.5. The number of fused-ring (bicyclic) bond motifs is 1. The largest absolute Gasteiger partial charge is 0.493 e. The van der Waals surface area contributed by atoms with Crippen molar-refractivity contribution in [1.82, 2.24) is 5.32 Å². The third-order valence-corrected chi connectivity index (χ3v) is 7.53. The number of ether oxygens (including phenoxy) is 3. The highest BCUT2D eigenvalue weighted by Crippen LogP contribution is 2.48. The van der Waals surface area contributed by atoms with E-state index in [0.29, 0.717) is 6.42 Å². The van der Waals surface area contributed by atoms with Crippen LogP contribution in [0, 0.1) is 11.7 Å². The predicted molar refractivity (Wildman–Crippen MR) is 153 cm³/mol. The molecular weight excluding hydrogens is 505 g/mol. The number of hydrogen-bond donors (Lipinski definition) is 1. The summed E-state index contributed by atoms with van der Waals surface area (Å²) in [6, 6.07) is 11.1. The number of unbranched alkanes of at least 4 members (excludes halogenated alkanes) is 1. The average Bonchev–Trinajstić information content (AvgIpc) is 2.89. The van der Waals surface area contributed by atoms with E-state index < -0.39 is 5.60 Å². The summed E-state index contributed by atoms with van der Waals surface area (Å²) in [6.45, 7) is 8.05. The quantitative estimate of drug-likeness (QED) is 0.202. The first-order valence-electron chi connectivity index (χ1n) is 13.7. The van der Waals surface area contributed by atoms with E-state index in [4.69, 9.17) is 14.2 Å². The molecule has 1 N–H and O–H groups in total. The maximum atomic E-state index is 14.0. The fraction of sp³-hybridized carbons (Fsp3) is 0.581. The number of nitrogens with one attached hydrogen (secondary N) is 1. The Balaban J connectivity index is 0.00000507. The number of rotatable bonds is 14. The summed E-state index contributed by atoms with van der Waals surface area (Å²) >= 11 is 0. The first-order valence-corrected chi connectivity index (χ1v) is 13.7. The molecule has 3 rings (SSSR count). The van der Waals surface area contributed by atoms with Gasteiger partial charge in [0.15, 0.2) is 11.5 Å². The zero-order valence-corrected chi connectivity index (χ0v) is 24.4. The molecule has 0 saturated carbocycles. The number of methoxy groups -OCH3 is 2. The lowest BCUT2D eigenvalue weighted by Gasteiger charge is -2.46. The van der Waals surface area contributed by atoms with Crippen LogP contribution in [0.5, 0.6) is 11.5 Å². The van der Waals surface area contributed by atoms with E-state index in [1.165, 1.54) is 11.6 Å². The molecular formula is C31H45ClFNO4. The van der Waals surface area contributed by atoms with Crippen molar-refractivity contribution in [3.8, 4) is 11.5 Å². The SMILES string of the molecule is CCCCC(=O)O[C@@]1(CCNCCCc2ccc(OC)c(OC)c2)CCc2cc(F)ccc2[C@H]1C(C)C.Cl. The van der Waals surface area contributed by atoms with Gasteiger partial charge in [0.2, 0.25) is 0 Å². The van der Waals surface area contributed by atoms with Gasteiger partial charge >= 0.3 is 5.97 Å². The number of benzene rings is 2. The summed E-state index contributed by atoms with van der Waals surface area (Å²) in [5.41, 5.74) is 2.79. The van der Waals surface area contributed by atoms with Gasteiger partial charge in [-0.15, -0.1) is 12.4 Å². The Labute approximate surface area is 234 Å². The van der Waals surface area contributed by atoms with E-state index in [0.717, 1.165) is 80.7 Å². The minimum atomic E-state index is -0.583. The molecule has 2 aromatic carbocycles. The standard InChI is InChI=1S/C31H44FNO4.ClH/c1-6-7-10-29(34)37-31(16-15-24-21-25(32)12-13-26(24)30(31)22(2)3)17-19-33-18-8-9-23-11-14-27(35-4)28(20-23)36-5;/h11-14,20-22,30,33H,6-10,15-19H2,1-5H3;1H/t30-,31-;/m1./s1. The molecule has 0 aromatic heterocycles. The van der Waals surface area contributed by atoms with Gasteiger partial charge in [0.1, 0.15) is 11.4 Å². The summed E-state index contributed by atoms with van der Waals surface area (Å²) in [5, 5.41) is 3.58. The Kier molecular flexibility index (Phi) is 12.9. The molecule has 2 aromatic rings. The normalized spacial score (nSPS) is 18.4. The van der Waals surface area contributed by atoms with Crippen molar-refractivity contribution in [2.75, 3.05) is 27.3 Å². The van der Waals surface area contributed by atoms with Crippen LogP contribution in [0.3, 0.4) is 0 Å². The summed E-state index contributed by atoms with van der Waals surface area (Å²) < 4.78 is 31.1. The number of carbonyl (C=O) groups excluding carboxylic acids is 1. The van der Waals surface area contributed by atoms with Crippen molar-refractivity contribution >= 4 is 18.4 Å². The van der Waals surface area contributed by atoms with E-state index in [1.807, 2.05) is 18.2 Å². The van der Waals surface area contributed by atoms with Gasteiger partial charge in [-0.2, -0.15) is 0 Å². The summed E-state index contributed by atoms with van der Waals surface area (Å²) in [5.74, 6) is 1.46. The van der Waals surface area contributed by atoms with Crippen LogP contribution in [0.2, 0.25) is 0 Å². The van der Waals surface area contributed by atoms with Gasteiger partial charge < -0.3 is 19.5 Å². The van der Waals surface area contributed by atoms with Crippen LogP contribution < -0.4 is 14.8 Å². The Hall–Kier alpha value is -2.31. The van der Waals surface area contributed by atoms with E-state index in [9.17, 15) is 9.18 Å². The smallest absolute Gasteiger partial charge is 0.306 e. The van der Waals surface area contributed by atoms with Crippen LogP contribution in [0.15, 0.2) is 36.4 Å². The highest BCUT2D eigenvalue weighted by atomic mass is 35.5. The van der Waals surface area contributed by atoms with Crippen LogP contribution in [0.1, 0.15) is 81.9 Å². The molecule has 38 heavy (non-hydrogen) atoms. The lowest BCUT2D eigenvalue weighted by atomic mass is 9.65. The van der Waals surface area contributed by atoms with Crippen molar-refractivity contribution < 1.29 is 23.4 Å². The van der Waals surface area contributed by atoms with E-state index in [-0.39, 0.29) is 36.0 Å². The molecule has 0 amide bonds. The van der Waals surface area contributed by atoms with Gasteiger partial charge in [-0.25, -0.2) is 4.39 Å². The summed E-state index contributed by atoms with van der Waals surface area (Å²) in [4.78, 5) is 12.9. The van der Waals surface area contributed by atoms with Gasteiger partial charge in [-0.1, -0.05) is 39.3 Å². The van der Waals surface area contributed by atoms with Gasteiger partial charge in [0.25, 0.3) is 0 Å². The van der Waals surface area contributed by atoms with Gasteiger partial charge in [0.05, 0.1) is 14.2 Å².